The number of fused-ring (bicyclic) bond motifs is 1. The topological polar surface area (TPSA) is 61.8 Å². The van der Waals surface area contributed by atoms with Crippen LogP contribution in [-0.2, 0) is 4.79 Å². The summed E-state index contributed by atoms with van der Waals surface area (Å²) < 4.78 is 5.72. The average molecular weight is 262 g/mol. The Labute approximate surface area is 112 Å². The standard InChI is InChI=1S/C14H18N2O3/c1-2-14(18)8-16(9-14)13(17)12-7-15-10-5-3-4-6-11(10)19-12/h3-6,12,15,18H,2,7-9H2,1H3. The smallest absolute Gasteiger partial charge is 0.265 e. The van der Waals surface area contributed by atoms with Crippen molar-refractivity contribution in [2.45, 2.75) is 25.0 Å². The zero-order valence-electron chi connectivity index (χ0n) is 10.9. The Morgan fingerprint density at radius 1 is 1.53 bits per heavy atom. The van der Waals surface area contributed by atoms with Crippen LogP contribution < -0.4 is 10.1 Å². The van der Waals surface area contributed by atoms with E-state index in [1.54, 1.807) is 4.90 Å². The van der Waals surface area contributed by atoms with E-state index in [0.717, 1.165) is 5.69 Å². The maximum absolute atomic E-state index is 12.2. The fourth-order valence-electron chi connectivity index (χ4n) is 2.50. The van der Waals surface area contributed by atoms with Crippen molar-refractivity contribution in [2.24, 2.45) is 0 Å². The van der Waals surface area contributed by atoms with Gasteiger partial charge in [0, 0.05) is 0 Å². The van der Waals surface area contributed by atoms with Crippen LogP contribution in [0.3, 0.4) is 0 Å². The number of carbonyl (C=O) groups is 1. The van der Waals surface area contributed by atoms with Crippen LogP contribution >= 0.6 is 0 Å². The normalized spacial score (nSPS) is 23.7. The Balaban J connectivity index is 1.64. The van der Waals surface area contributed by atoms with Gasteiger partial charge < -0.3 is 20.1 Å². The summed E-state index contributed by atoms with van der Waals surface area (Å²) in [5.74, 6) is 0.651. The monoisotopic (exact) mass is 262 g/mol. The molecule has 102 valence electrons. The lowest BCUT2D eigenvalue weighted by atomic mass is 9.91. The Morgan fingerprint density at radius 3 is 3.00 bits per heavy atom. The number of likely N-dealkylation sites (tertiary alicyclic amines) is 1. The van der Waals surface area contributed by atoms with E-state index in [1.165, 1.54) is 0 Å². The number of nitrogens with zero attached hydrogens (tertiary/aromatic N) is 1. The van der Waals surface area contributed by atoms with Crippen LogP contribution in [0.25, 0.3) is 0 Å². The Morgan fingerprint density at radius 2 is 2.26 bits per heavy atom. The molecule has 5 nitrogen and oxygen atoms in total. The largest absolute Gasteiger partial charge is 0.477 e. The van der Waals surface area contributed by atoms with Crippen LogP contribution in [0.15, 0.2) is 24.3 Å². The van der Waals surface area contributed by atoms with Crippen LogP contribution in [0.4, 0.5) is 5.69 Å². The van der Waals surface area contributed by atoms with Crippen molar-refractivity contribution in [2.75, 3.05) is 25.0 Å². The van der Waals surface area contributed by atoms with Gasteiger partial charge in [0.25, 0.3) is 5.91 Å². The first kappa shape index (κ1) is 12.3. The molecule has 0 saturated carbocycles. The minimum atomic E-state index is -0.699. The number of hydrogen-bond acceptors (Lipinski definition) is 4. The quantitative estimate of drug-likeness (QED) is 0.829. The SMILES string of the molecule is CCC1(O)CN(C(=O)C2CNc3ccccc3O2)C1. The summed E-state index contributed by atoms with van der Waals surface area (Å²) in [5.41, 5.74) is 0.218. The zero-order chi connectivity index (χ0) is 13.5. The number of anilines is 1. The van der Waals surface area contributed by atoms with E-state index < -0.39 is 11.7 Å². The number of nitrogens with one attached hydrogen (secondary N) is 1. The maximum Gasteiger partial charge on any atom is 0.265 e. The predicted octanol–water partition coefficient (Wildman–Crippen LogP) is 0.843. The number of β-amino-alcohol motifs (C(OH)–C–C–N with tert-alkyl or cyclic N) is 1. The van der Waals surface area contributed by atoms with Crippen LogP contribution in [0, 0.1) is 0 Å². The molecule has 19 heavy (non-hydrogen) atoms. The molecule has 5 heteroatoms. The highest BCUT2D eigenvalue weighted by Gasteiger charge is 2.44. The van der Waals surface area contributed by atoms with Crippen LogP contribution in [0.5, 0.6) is 5.75 Å². The summed E-state index contributed by atoms with van der Waals surface area (Å²) in [5, 5.41) is 13.1. The van der Waals surface area contributed by atoms with Gasteiger partial charge in [0.05, 0.1) is 30.9 Å². The molecule has 0 radical (unpaired) electrons. The molecular formula is C14H18N2O3. The maximum atomic E-state index is 12.2. The van der Waals surface area contributed by atoms with Gasteiger partial charge in [0.1, 0.15) is 5.75 Å². The molecule has 1 unspecified atom stereocenters. The van der Waals surface area contributed by atoms with Crippen molar-refractivity contribution in [3.05, 3.63) is 24.3 Å². The molecule has 2 aliphatic rings. The summed E-state index contributed by atoms with van der Waals surface area (Å²) in [6, 6.07) is 7.58. The van der Waals surface area contributed by atoms with Crippen LogP contribution in [0.2, 0.25) is 0 Å². The van der Waals surface area contributed by atoms with Gasteiger partial charge in [-0.3, -0.25) is 4.79 Å². The fourth-order valence-corrected chi connectivity index (χ4v) is 2.50. The summed E-state index contributed by atoms with van der Waals surface area (Å²) >= 11 is 0. The first-order valence-electron chi connectivity index (χ1n) is 6.62. The number of benzene rings is 1. The molecule has 2 N–H and O–H groups in total. The summed E-state index contributed by atoms with van der Waals surface area (Å²) in [6.45, 7) is 3.21. The van der Waals surface area contributed by atoms with Gasteiger partial charge in [-0.05, 0) is 18.6 Å². The lowest BCUT2D eigenvalue weighted by molar-refractivity contribution is -0.162. The van der Waals surface area contributed by atoms with E-state index >= 15 is 0 Å². The van der Waals surface area contributed by atoms with E-state index in [9.17, 15) is 9.90 Å². The highest BCUT2D eigenvalue weighted by molar-refractivity contribution is 5.84. The Bertz CT molecular complexity index is 497. The number of hydrogen-bond donors (Lipinski definition) is 2. The molecular weight excluding hydrogens is 244 g/mol. The Kier molecular flexibility index (Phi) is 2.86. The van der Waals surface area contributed by atoms with Crippen LogP contribution in [0.1, 0.15) is 13.3 Å². The molecule has 2 heterocycles. The van der Waals surface area contributed by atoms with Gasteiger partial charge in [-0.25, -0.2) is 0 Å². The van der Waals surface area contributed by atoms with Crippen LogP contribution in [-0.4, -0.2) is 47.3 Å². The number of ether oxygens (including phenoxy) is 1. The Hall–Kier alpha value is -1.75. The van der Waals surface area contributed by atoms with E-state index in [-0.39, 0.29) is 5.91 Å². The van der Waals surface area contributed by atoms with Crippen molar-refractivity contribution >= 4 is 11.6 Å². The lowest BCUT2D eigenvalue weighted by Crippen LogP contribution is -2.66. The molecule has 1 fully saturated rings. The second kappa shape index (κ2) is 4.42. The second-order valence-electron chi connectivity index (χ2n) is 5.26. The van der Waals surface area contributed by atoms with Crippen molar-refractivity contribution in [3.63, 3.8) is 0 Å². The van der Waals surface area contributed by atoms with Gasteiger partial charge in [0.15, 0.2) is 6.10 Å². The van der Waals surface area contributed by atoms with Gasteiger partial charge in [0.2, 0.25) is 0 Å². The van der Waals surface area contributed by atoms with E-state index in [2.05, 4.69) is 5.32 Å². The number of carbonyl (C=O) groups excluding carboxylic acids is 1. The molecule has 0 bridgehead atoms. The number of rotatable bonds is 2. The molecule has 1 atom stereocenters. The van der Waals surface area contributed by atoms with Gasteiger partial charge >= 0.3 is 0 Å². The molecule has 1 aromatic rings. The highest BCUT2D eigenvalue weighted by atomic mass is 16.5. The molecule has 3 rings (SSSR count). The minimum Gasteiger partial charge on any atom is -0.477 e. The summed E-state index contributed by atoms with van der Waals surface area (Å²) in [7, 11) is 0. The average Bonchev–Trinajstić information content (AvgIpc) is 2.42. The summed E-state index contributed by atoms with van der Waals surface area (Å²) in [6.07, 6.45) is 0.167. The first-order valence-corrected chi connectivity index (χ1v) is 6.62. The number of amides is 1. The molecule has 2 aliphatic heterocycles. The number of aliphatic hydroxyl groups is 1. The highest BCUT2D eigenvalue weighted by Crippen LogP contribution is 2.30. The summed E-state index contributed by atoms with van der Waals surface area (Å²) in [4.78, 5) is 13.9. The second-order valence-corrected chi connectivity index (χ2v) is 5.26. The molecule has 1 aromatic carbocycles. The van der Waals surface area contributed by atoms with Crippen molar-refractivity contribution < 1.29 is 14.6 Å². The first-order chi connectivity index (χ1) is 9.11. The van der Waals surface area contributed by atoms with E-state index in [1.807, 2.05) is 31.2 Å². The third kappa shape index (κ3) is 2.14. The van der Waals surface area contributed by atoms with Gasteiger partial charge in [-0.2, -0.15) is 0 Å². The van der Waals surface area contributed by atoms with Gasteiger partial charge in [-0.1, -0.05) is 19.1 Å². The fraction of sp³-hybridized carbons (Fsp3) is 0.500. The van der Waals surface area contributed by atoms with E-state index in [4.69, 9.17) is 4.74 Å². The molecule has 0 aliphatic carbocycles. The minimum absolute atomic E-state index is 0.0554. The van der Waals surface area contributed by atoms with Crippen molar-refractivity contribution in [1.29, 1.82) is 0 Å². The molecule has 1 amide bonds. The van der Waals surface area contributed by atoms with Gasteiger partial charge in [-0.15, -0.1) is 0 Å². The zero-order valence-corrected chi connectivity index (χ0v) is 10.9. The lowest BCUT2D eigenvalue weighted by Gasteiger charge is -2.47. The molecule has 1 saturated heterocycles. The van der Waals surface area contributed by atoms with Crippen molar-refractivity contribution in [3.8, 4) is 5.75 Å². The van der Waals surface area contributed by atoms with Crippen molar-refractivity contribution in [1.82, 2.24) is 4.90 Å². The molecule has 0 spiro atoms. The molecule has 0 aromatic heterocycles. The third-order valence-electron chi connectivity index (χ3n) is 3.85. The number of para-hydroxylation sites is 2. The third-order valence-corrected chi connectivity index (χ3v) is 3.85. The predicted molar refractivity (Wildman–Crippen MR) is 71.2 cm³/mol. The van der Waals surface area contributed by atoms with E-state index in [0.29, 0.717) is 31.8 Å².